The topological polar surface area (TPSA) is 104 Å². The first-order valence-corrected chi connectivity index (χ1v) is 5.61. The molecule has 2 aromatic rings. The van der Waals surface area contributed by atoms with Gasteiger partial charge in [0.15, 0.2) is 5.82 Å². The maximum absolute atomic E-state index is 12.4. The third kappa shape index (κ3) is 2.90. The van der Waals surface area contributed by atoms with Crippen LogP contribution in [0.1, 0.15) is 16.8 Å². The zero-order valence-electron chi connectivity index (χ0n) is 10.3. The van der Waals surface area contributed by atoms with Gasteiger partial charge in [-0.1, -0.05) is 12.1 Å². The van der Waals surface area contributed by atoms with Crippen LogP contribution in [0.5, 0.6) is 0 Å². The molecule has 6 N–H and O–H groups in total. The Kier molecular flexibility index (Phi) is 3.39. The van der Waals surface area contributed by atoms with Crippen molar-refractivity contribution >= 4 is 17.5 Å². The second-order valence-corrected chi connectivity index (χ2v) is 4.20. The number of halogens is 3. The summed E-state index contributed by atoms with van der Waals surface area (Å²) < 4.78 is 37.3. The molecule has 1 aromatic heterocycles. The standard InChI is InChI=1S/C12H12F3N5/c13-12(14,15)7-3-1-6(2-4-7)5-8-9(16)10(17)20-11(18)19-8/h1-4H,5,16H2,(H4,17,18,19,20). The number of nitrogens with zero attached hydrogens (tertiary/aromatic N) is 2. The van der Waals surface area contributed by atoms with E-state index in [1.165, 1.54) is 12.1 Å². The van der Waals surface area contributed by atoms with Crippen molar-refractivity contribution in [3.8, 4) is 0 Å². The number of alkyl halides is 3. The molecule has 0 atom stereocenters. The van der Waals surface area contributed by atoms with Crippen LogP contribution in [-0.4, -0.2) is 9.97 Å². The van der Waals surface area contributed by atoms with Crippen LogP contribution in [0, 0.1) is 0 Å². The second-order valence-electron chi connectivity index (χ2n) is 4.20. The van der Waals surface area contributed by atoms with Crippen LogP contribution >= 0.6 is 0 Å². The average Bonchev–Trinajstić information content (AvgIpc) is 2.35. The SMILES string of the molecule is Nc1nc(N)c(N)c(Cc2ccc(C(F)(F)F)cc2)n1. The highest BCUT2D eigenvalue weighted by molar-refractivity contribution is 5.63. The molecule has 0 spiro atoms. The second kappa shape index (κ2) is 4.87. The van der Waals surface area contributed by atoms with Crippen LogP contribution in [0.25, 0.3) is 0 Å². The fourth-order valence-corrected chi connectivity index (χ4v) is 1.69. The summed E-state index contributed by atoms with van der Waals surface area (Å²) in [5.74, 6) is 0.0259. The van der Waals surface area contributed by atoms with Crippen molar-refractivity contribution in [3.05, 3.63) is 41.1 Å². The minimum absolute atomic E-state index is 0.0291. The zero-order valence-corrected chi connectivity index (χ0v) is 10.3. The summed E-state index contributed by atoms with van der Waals surface area (Å²) in [6.45, 7) is 0. The van der Waals surface area contributed by atoms with E-state index in [1.807, 2.05) is 0 Å². The van der Waals surface area contributed by atoms with Gasteiger partial charge in [-0.15, -0.1) is 0 Å². The summed E-state index contributed by atoms with van der Waals surface area (Å²) >= 11 is 0. The van der Waals surface area contributed by atoms with Gasteiger partial charge in [0.25, 0.3) is 0 Å². The number of aromatic nitrogens is 2. The number of nitrogen functional groups attached to an aromatic ring is 3. The van der Waals surface area contributed by atoms with Gasteiger partial charge in [-0.2, -0.15) is 18.2 Å². The lowest BCUT2D eigenvalue weighted by atomic mass is 10.1. The predicted octanol–water partition coefficient (Wildman–Crippen LogP) is 1.83. The van der Waals surface area contributed by atoms with Crippen molar-refractivity contribution in [3.63, 3.8) is 0 Å². The molecule has 5 nitrogen and oxygen atoms in total. The molecule has 0 aliphatic rings. The molecule has 0 saturated heterocycles. The Morgan fingerprint density at radius 1 is 0.950 bits per heavy atom. The Balaban J connectivity index is 2.27. The molecule has 8 heteroatoms. The van der Waals surface area contributed by atoms with Crippen molar-refractivity contribution in [1.82, 2.24) is 9.97 Å². The van der Waals surface area contributed by atoms with Crippen LogP contribution < -0.4 is 17.2 Å². The number of hydrogen-bond acceptors (Lipinski definition) is 5. The third-order valence-corrected chi connectivity index (χ3v) is 2.72. The molecule has 2 rings (SSSR count). The van der Waals surface area contributed by atoms with E-state index in [1.54, 1.807) is 0 Å². The lowest BCUT2D eigenvalue weighted by molar-refractivity contribution is -0.137. The Hall–Kier alpha value is -2.51. The van der Waals surface area contributed by atoms with Crippen LogP contribution in [0.3, 0.4) is 0 Å². The summed E-state index contributed by atoms with van der Waals surface area (Å²) in [6.07, 6.45) is -4.14. The highest BCUT2D eigenvalue weighted by Crippen LogP contribution is 2.29. The van der Waals surface area contributed by atoms with Crippen LogP contribution in [0.4, 0.5) is 30.6 Å². The van der Waals surface area contributed by atoms with E-state index in [9.17, 15) is 13.2 Å². The minimum atomic E-state index is -4.36. The summed E-state index contributed by atoms with van der Waals surface area (Å²) in [5, 5.41) is 0. The Bertz CT molecular complexity index is 622. The van der Waals surface area contributed by atoms with Crippen molar-refractivity contribution in [1.29, 1.82) is 0 Å². The smallest absolute Gasteiger partial charge is 0.394 e. The van der Waals surface area contributed by atoms with Crippen LogP contribution in [-0.2, 0) is 12.6 Å². The Labute approximate surface area is 112 Å². The molecule has 1 aromatic carbocycles. The van der Waals surface area contributed by atoms with E-state index in [4.69, 9.17) is 17.2 Å². The van der Waals surface area contributed by atoms with Crippen LogP contribution in [0.15, 0.2) is 24.3 Å². The Morgan fingerprint density at radius 3 is 2.10 bits per heavy atom. The Morgan fingerprint density at radius 2 is 1.55 bits per heavy atom. The van der Waals surface area contributed by atoms with Crippen molar-refractivity contribution in [2.75, 3.05) is 17.2 Å². The number of nitrogens with two attached hydrogens (primary N) is 3. The van der Waals surface area contributed by atoms with Crippen molar-refractivity contribution < 1.29 is 13.2 Å². The van der Waals surface area contributed by atoms with Gasteiger partial charge in [-0.25, -0.2) is 4.98 Å². The maximum Gasteiger partial charge on any atom is 0.416 e. The highest BCUT2D eigenvalue weighted by atomic mass is 19.4. The van der Waals surface area contributed by atoms with Gasteiger partial charge in [0.1, 0.15) is 0 Å². The molecule has 0 fully saturated rings. The maximum atomic E-state index is 12.4. The molecule has 0 unspecified atom stereocenters. The quantitative estimate of drug-likeness (QED) is 0.780. The third-order valence-electron chi connectivity index (χ3n) is 2.72. The van der Waals surface area contributed by atoms with Gasteiger partial charge < -0.3 is 17.2 Å². The number of benzene rings is 1. The summed E-state index contributed by atoms with van der Waals surface area (Å²) in [5.41, 5.74) is 17.2. The summed E-state index contributed by atoms with van der Waals surface area (Å²) in [7, 11) is 0. The molecule has 0 bridgehead atoms. The molecule has 106 valence electrons. The normalized spacial score (nSPS) is 11.6. The first-order chi connectivity index (χ1) is 9.27. The zero-order chi connectivity index (χ0) is 14.9. The van der Waals surface area contributed by atoms with Gasteiger partial charge >= 0.3 is 6.18 Å². The van der Waals surface area contributed by atoms with E-state index in [0.29, 0.717) is 11.3 Å². The van der Waals surface area contributed by atoms with Gasteiger partial charge in [0, 0.05) is 6.42 Å². The molecule has 1 heterocycles. The summed E-state index contributed by atoms with van der Waals surface area (Å²) in [4.78, 5) is 7.63. The van der Waals surface area contributed by atoms with Crippen LogP contribution in [0.2, 0.25) is 0 Å². The summed E-state index contributed by atoms with van der Waals surface area (Å²) in [6, 6.07) is 4.71. The average molecular weight is 283 g/mol. The predicted molar refractivity (Wildman–Crippen MR) is 69.5 cm³/mol. The molecule has 0 radical (unpaired) electrons. The van der Waals surface area contributed by atoms with E-state index in [-0.39, 0.29) is 23.9 Å². The van der Waals surface area contributed by atoms with E-state index in [2.05, 4.69) is 9.97 Å². The minimum Gasteiger partial charge on any atom is -0.394 e. The van der Waals surface area contributed by atoms with E-state index in [0.717, 1.165) is 12.1 Å². The molecule has 0 amide bonds. The fraction of sp³-hybridized carbons (Fsp3) is 0.167. The lowest BCUT2D eigenvalue weighted by Gasteiger charge is -2.09. The van der Waals surface area contributed by atoms with Crippen molar-refractivity contribution in [2.24, 2.45) is 0 Å². The first kappa shape index (κ1) is 13.9. The monoisotopic (exact) mass is 283 g/mol. The first-order valence-electron chi connectivity index (χ1n) is 5.61. The molecule has 20 heavy (non-hydrogen) atoms. The number of rotatable bonds is 2. The van der Waals surface area contributed by atoms with Gasteiger partial charge in [0.05, 0.1) is 16.9 Å². The lowest BCUT2D eigenvalue weighted by Crippen LogP contribution is -2.09. The van der Waals surface area contributed by atoms with Gasteiger partial charge in [-0.05, 0) is 17.7 Å². The number of hydrogen-bond donors (Lipinski definition) is 3. The molecule has 0 saturated carbocycles. The fourth-order valence-electron chi connectivity index (χ4n) is 1.69. The highest BCUT2D eigenvalue weighted by Gasteiger charge is 2.29. The molecule has 0 aliphatic carbocycles. The molecular weight excluding hydrogens is 271 g/mol. The van der Waals surface area contributed by atoms with E-state index < -0.39 is 11.7 Å². The van der Waals surface area contributed by atoms with Crippen molar-refractivity contribution in [2.45, 2.75) is 12.6 Å². The van der Waals surface area contributed by atoms with Gasteiger partial charge in [-0.3, -0.25) is 0 Å². The largest absolute Gasteiger partial charge is 0.416 e. The van der Waals surface area contributed by atoms with Gasteiger partial charge in [0.2, 0.25) is 5.95 Å². The van der Waals surface area contributed by atoms with E-state index >= 15 is 0 Å². The number of anilines is 3. The molecular formula is C12H12F3N5. The molecule has 0 aliphatic heterocycles.